The number of rotatable bonds is 4. The largest absolute Gasteiger partial charge is 0.292 e. The molecular formula is C18H18ClNO3S. The van der Waals surface area contributed by atoms with Crippen molar-refractivity contribution in [2.24, 2.45) is 0 Å². The van der Waals surface area contributed by atoms with E-state index < -0.39 is 16.1 Å². The average molecular weight is 364 g/mol. The number of Topliss-reactive ketones (excluding diaryl/α,β-unsaturated/α-hetero) is 1. The zero-order chi connectivity index (χ0) is 17.3. The van der Waals surface area contributed by atoms with E-state index in [-0.39, 0.29) is 10.7 Å². The fourth-order valence-corrected chi connectivity index (χ4v) is 4.92. The smallest absolute Gasteiger partial charge is 0.243 e. The Morgan fingerprint density at radius 1 is 1.17 bits per heavy atom. The molecule has 3 rings (SSSR count). The van der Waals surface area contributed by atoms with Crippen LogP contribution in [-0.4, -0.2) is 31.1 Å². The highest BCUT2D eigenvalue weighted by atomic mass is 35.5. The molecule has 126 valence electrons. The van der Waals surface area contributed by atoms with E-state index in [0.717, 1.165) is 5.56 Å². The van der Waals surface area contributed by atoms with Crippen LogP contribution in [0, 0.1) is 6.92 Å². The van der Waals surface area contributed by atoms with Crippen LogP contribution in [-0.2, 0) is 10.0 Å². The lowest BCUT2D eigenvalue weighted by Gasteiger charge is -2.23. The number of nitrogens with zero attached hydrogens (tertiary/aromatic N) is 1. The molecule has 1 aliphatic rings. The normalized spacial score (nSPS) is 18.7. The predicted molar refractivity (Wildman–Crippen MR) is 93.9 cm³/mol. The quantitative estimate of drug-likeness (QED) is 0.778. The first kappa shape index (κ1) is 17.1. The van der Waals surface area contributed by atoms with Crippen LogP contribution in [0.25, 0.3) is 0 Å². The number of benzene rings is 2. The Morgan fingerprint density at radius 2 is 1.88 bits per heavy atom. The van der Waals surface area contributed by atoms with Crippen molar-refractivity contribution >= 4 is 27.4 Å². The van der Waals surface area contributed by atoms with Gasteiger partial charge in [-0.25, -0.2) is 8.42 Å². The van der Waals surface area contributed by atoms with E-state index in [1.165, 1.54) is 16.4 Å². The molecule has 0 N–H and O–H groups in total. The van der Waals surface area contributed by atoms with Gasteiger partial charge in [0.25, 0.3) is 0 Å². The van der Waals surface area contributed by atoms with Gasteiger partial charge < -0.3 is 0 Å². The van der Waals surface area contributed by atoms with E-state index in [9.17, 15) is 13.2 Å². The van der Waals surface area contributed by atoms with Gasteiger partial charge in [-0.1, -0.05) is 47.5 Å². The number of ketones is 1. The summed E-state index contributed by atoms with van der Waals surface area (Å²) in [6, 6.07) is 12.7. The summed E-state index contributed by atoms with van der Waals surface area (Å²) in [5.74, 6) is -0.155. The summed E-state index contributed by atoms with van der Waals surface area (Å²) in [4.78, 5) is 12.9. The summed E-state index contributed by atoms with van der Waals surface area (Å²) in [5.41, 5.74) is 1.60. The number of carbonyl (C=O) groups is 1. The number of halogens is 1. The zero-order valence-electron chi connectivity index (χ0n) is 13.3. The van der Waals surface area contributed by atoms with Crippen molar-refractivity contribution in [1.29, 1.82) is 0 Å². The lowest BCUT2D eigenvalue weighted by molar-refractivity contribution is 0.0918. The van der Waals surface area contributed by atoms with Crippen LogP contribution in [0.5, 0.6) is 0 Å². The second-order valence-electron chi connectivity index (χ2n) is 5.96. The predicted octanol–water partition coefficient (Wildman–Crippen LogP) is 3.68. The molecule has 1 fully saturated rings. The highest BCUT2D eigenvalue weighted by Gasteiger charge is 2.39. The van der Waals surface area contributed by atoms with Gasteiger partial charge in [0.1, 0.15) is 0 Å². The lowest BCUT2D eigenvalue weighted by Crippen LogP contribution is -2.40. The Morgan fingerprint density at radius 3 is 2.54 bits per heavy atom. The first-order chi connectivity index (χ1) is 11.4. The molecule has 0 amide bonds. The van der Waals surface area contributed by atoms with Crippen LogP contribution in [0.4, 0.5) is 0 Å². The van der Waals surface area contributed by atoms with Crippen LogP contribution in [0.15, 0.2) is 53.4 Å². The van der Waals surface area contributed by atoms with E-state index >= 15 is 0 Å². The minimum atomic E-state index is -3.74. The van der Waals surface area contributed by atoms with Gasteiger partial charge in [0.2, 0.25) is 10.0 Å². The Labute approximate surface area is 147 Å². The Bertz CT molecular complexity index is 862. The van der Waals surface area contributed by atoms with E-state index in [0.29, 0.717) is 30.0 Å². The van der Waals surface area contributed by atoms with Crippen molar-refractivity contribution in [2.75, 3.05) is 6.54 Å². The van der Waals surface area contributed by atoms with E-state index in [1.54, 1.807) is 24.3 Å². The molecule has 1 saturated heterocycles. The Kier molecular flexibility index (Phi) is 4.76. The summed E-state index contributed by atoms with van der Waals surface area (Å²) in [5, 5.41) is 0.358. The zero-order valence-corrected chi connectivity index (χ0v) is 14.8. The molecule has 1 aliphatic heterocycles. The van der Waals surface area contributed by atoms with Gasteiger partial charge >= 0.3 is 0 Å². The summed E-state index contributed by atoms with van der Waals surface area (Å²) in [7, 11) is -3.74. The maximum Gasteiger partial charge on any atom is 0.243 e. The maximum atomic E-state index is 12.9. The molecule has 2 aromatic rings. The Balaban J connectivity index is 1.93. The summed E-state index contributed by atoms with van der Waals surface area (Å²) in [6.45, 7) is 2.29. The number of carbonyl (C=O) groups excluding carboxylic acids is 1. The molecule has 0 aliphatic carbocycles. The fraction of sp³-hybridized carbons (Fsp3) is 0.278. The van der Waals surface area contributed by atoms with E-state index in [4.69, 9.17) is 11.6 Å². The van der Waals surface area contributed by atoms with Crippen molar-refractivity contribution in [3.63, 3.8) is 0 Å². The fourth-order valence-electron chi connectivity index (χ4n) is 2.96. The van der Waals surface area contributed by atoms with E-state index in [2.05, 4.69) is 0 Å². The monoisotopic (exact) mass is 363 g/mol. The van der Waals surface area contributed by atoms with Gasteiger partial charge in [-0.05, 0) is 38.0 Å². The topological polar surface area (TPSA) is 54.5 Å². The molecule has 0 aromatic heterocycles. The van der Waals surface area contributed by atoms with Crippen LogP contribution in [0.1, 0.15) is 28.8 Å². The molecule has 1 atom stereocenters. The van der Waals surface area contributed by atoms with Crippen molar-refractivity contribution in [2.45, 2.75) is 30.7 Å². The molecule has 0 radical (unpaired) electrons. The molecule has 2 aromatic carbocycles. The highest BCUT2D eigenvalue weighted by molar-refractivity contribution is 7.89. The summed E-state index contributed by atoms with van der Waals surface area (Å²) >= 11 is 5.92. The number of hydrogen-bond donors (Lipinski definition) is 0. The third kappa shape index (κ3) is 3.24. The summed E-state index contributed by atoms with van der Waals surface area (Å²) < 4.78 is 27.1. The van der Waals surface area contributed by atoms with Gasteiger partial charge in [-0.2, -0.15) is 4.31 Å². The average Bonchev–Trinajstić information content (AvgIpc) is 3.05. The molecule has 1 heterocycles. The standard InChI is InChI=1S/C18H18ClNO3S/c1-13-7-9-14(10-8-13)18(21)17-6-3-11-20(17)24(22,23)16-5-2-4-15(19)12-16/h2,4-5,7-10,12,17H,3,6,11H2,1H3. The number of aryl methyl sites for hydroxylation is 1. The highest BCUT2D eigenvalue weighted by Crippen LogP contribution is 2.29. The molecule has 0 bridgehead atoms. The molecule has 6 heteroatoms. The first-order valence-electron chi connectivity index (χ1n) is 7.78. The van der Waals surface area contributed by atoms with Crippen molar-refractivity contribution < 1.29 is 13.2 Å². The SMILES string of the molecule is Cc1ccc(C(=O)C2CCCN2S(=O)(=O)c2cccc(Cl)c2)cc1. The minimum Gasteiger partial charge on any atom is -0.292 e. The second-order valence-corrected chi connectivity index (χ2v) is 8.29. The van der Waals surface area contributed by atoms with Gasteiger partial charge in [0, 0.05) is 17.1 Å². The Hall–Kier alpha value is -1.69. The number of hydrogen-bond acceptors (Lipinski definition) is 3. The molecule has 1 unspecified atom stereocenters. The molecule has 24 heavy (non-hydrogen) atoms. The lowest BCUT2D eigenvalue weighted by atomic mass is 10.0. The van der Waals surface area contributed by atoms with Crippen LogP contribution in [0.2, 0.25) is 5.02 Å². The van der Waals surface area contributed by atoms with Crippen LogP contribution >= 0.6 is 11.6 Å². The third-order valence-electron chi connectivity index (χ3n) is 4.25. The molecular weight excluding hydrogens is 346 g/mol. The van der Waals surface area contributed by atoms with Gasteiger partial charge in [0.15, 0.2) is 5.78 Å². The van der Waals surface area contributed by atoms with Crippen molar-refractivity contribution in [3.8, 4) is 0 Å². The molecule has 0 spiro atoms. The molecule has 4 nitrogen and oxygen atoms in total. The van der Waals surface area contributed by atoms with Gasteiger partial charge in [0.05, 0.1) is 10.9 Å². The third-order valence-corrected chi connectivity index (χ3v) is 6.38. The van der Waals surface area contributed by atoms with Crippen molar-refractivity contribution in [3.05, 3.63) is 64.7 Å². The molecule has 0 saturated carbocycles. The minimum absolute atomic E-state index is 0.124. The van der Waals surface area contributed by atoms with Gasteiger partial charge in [-0.3, -0.25) is 4.79 Å². The van der Waals surface area contributed by atoms with E-state index in [1.807, 2.05) is 19.1 Å². The summed E-state index contributed by atoms with van der Waals surface area (Å²) in [6.07, 6.45) is 1.20. The van der Waals surface area contributed by atoms with Crippen LogP contribution in [0.3, 0.4) is 0 Å². The maximum absolute atomic E-state index is 12.9. The first-order valence-corrected chi connectivity index (χ1v) is 9.60. The van der Waals surface area contributed by atoms with Gasteiger partial charge in [-0.15, -0.1) is 0 Å². The second kappa shape index (κ2) is 6.67. The van der Waals surface area contributed by atoms with Crippen LogP contribution < -0.4 is 0 Å². The van der Waals surface area contributed by atoms with Crippen molar-refractivity contribution in [1.82, 2.24) is 4.31 Å². The number of sulfonamides is 1.